The van der Waals surface area contributed by atoms with E-state index in [0.29, 0.717) is 11.9 Å². The number of rotatable bonds is 4. The summed E-state index contributed by atoms with van der Waals surface area (Å²) in [5.41, 5.74) is 0. The van der Waals surface area contributed by atoms with Crippen molar-refractivity contribution in [2.24, 2.45) is 5.92 Å². The second-order valence-corrected chi connectivity index (χ2v) is 4.86. The molecule has 86 valence electrons. The normalized spacial score (nSPS) is 31.5. The first kappa shape index (κ1) is 10.9. The van der Waals surface area contributed by atoms with E-state index in [-0.39, 0.29) is 0 Å². The van der Waals surface area contributed by atoms with Gasteiger partial charge in [-0.05, 0) is 38.6 Å². The van der Waals surface area contributed by atoms with Gasteiger partial charge in [0, 0.05) is 25.6 Å². The molecule has 0 aromatic rings. The Hall–Kier alpha value is -0.570. The van der Waals surface area contributed by atoms with Gasteiger partial charge >= 0.3 is 0 Å². The highest BCUT2D eigenvalue weighted by Crippen LogP contribution is 2.28. The zero-order valence-electron chi connectivity index (χ0n) is 9.67. The van der Waals surface area contributed by atoms with Crippen molar-refractivity contribution >= 4 is 5.91 Å². The molecule has 3 heteroatoms. The monoisotopic (exact) mass is 210 g/mol. The van der Waals surface area contributed by atoms with Gasteiger partial charge in [0.05, 0.1) is 0 Å². The van der Waals surface area contributed by atoms with Gasteiger partial charge in [0.1, 0.15) is 0 Å². The van der Waals surface area contributed by atoms with Crippen molar-refractivity contribution in [3.63, 3.8) is 0 Å². The molecule has 15 heavy (non-hydrogen) atoms. The highest BCUT2D eigenvalue weighted by molar-refractivity contribution is 5.77. The summed E-state index contributed by atoms with van der Waals surface area (Å²) in [5, 5.41) is 3.40. The van der Waals surface area contributed by atoms with E-state index in [1.165, 1.54) is 25.7 Å². The minimum absolute atomic E-state index is 0.369. The Morgan fingerprint density at radius 1 is 1.40 bits per heavy atom. The zero-order chi connectivity index (χ0) is 10.7. The number of likely N-dealkylation sites (tertiary alicyclic amines) is 1. The third kappa shape index (κ3) is 2.51. The zero-order valence-corrected chi connectivity index (χ0v) is 9.67. The molecule has 0 radical (unpaired) electrons. The summed E-state index contributed by atoms with van der Waals surface area (Å²) >= 11 is 0. The number of carbonyl (C=O) groups excluding carboxylic acids is 1. The van der Waals surface area contributed by atoms with Gasteiger partial charge in [0.2, 0.25) is 5.91 Å². The second kappa shape index (κ2) is 4.97. The van der Waals surface area contributed by atoms with Crippen molar-refractivity contribution in [2.45, 2.75) is 44.6 Å². The third-order valence-electron chi connectivity index (χ3n) is 3.97. The van der Waals surface area contributed by atoms with E-state index < -0.39 is 0 Å². The Bertz CT molecular complexity index is 230. The summed E-state index contributed by atoms with van der Waals surface area (Å²) < 4.78 is 0. The van der Waals surface area contributed by atoms with Gasteiger partial charge in [0.25, 0.3) is 0 Å². The third-order valence-corrected chi connectivity index (χ3v) is 3.97. The van der Waals surface area contributed by atoms with Gasteiger partial charge in [-0.15, -0.1) is 0 Å². The molecule has 1 aliphatic carbocycles. The van der Waals surface area contributed by atoms with Crippen molar-refractivity contribution in [3.05, 3.63) is 0 Å². The number of hydrogen-bond acceptors (Lipinski definition) is 2. The first-order valence-electron chi connectivity index (χ1n) is 6.26. The molecule has 3 nitrogen and oxygen atoms in total. The molecule has 1 amide bonds. The van der Waals surface area contributed by atoms with Crippen LogP contribution in [0.15, 0.2) is 0 Å². The predicted molar refractivity (Wildman–Crippen MR) is 60.6 cm³/mol. The molecule has 1 heterocycles. The Balaban J connectivity index is 1.75. The lowest BCUT2D eigenvalue weighted by Gasteiger charge is -2.22. The molecule has 1 aliphatic heterocycles. The van der Waals surface area contributed by atoms with Gasteiger partial charge in [-0.25, -0.2) is 0 Å². The van der Waals surface area contributed by atoms with Crippen LogP contribution in [0.3, 0.4) is 0 Å². The lowest BCUT2D eigenvalue weighted by Crippen LogP contribution is -2.33. The average Bonchev–Trinajstić information content (AvgIpc) is 2.83. The standard InChI is InChI=1S/C12H22N2O/c1-13-11-5-2-4-10(11)7-9-14-8-3-6-12(14)15/h10-11,13H,2-9H2,1H3. The molecular weight excluding hydrogens is 188 g/mol. The SMILES string of the molecule is CNC1CCCC1CCN1CCCC1=O. The molecule has 2 aliphatic rings. The molecule has 1 saturated carbocycles. The number of hydrogen-bond donors (Lipinski definition) is 1. The number of nitrogens with zero attached hydrogens (tertiary/aromatic N) is 1. The fraction of sp³-hybridized carbons (Fsp3) is 0.917. The van der Waals surface area contributed by atoms with E-state index in [2.05, 4.69) is 12.4 Å². The largest absolute Gasteiger partial charge is 0.343 e. The molecule has 1 saturated heterocycles. The van der Waals surface area contributed by atoms with Crippen LogP contribution in [-0.4, -0.2) is 37.0 Å². The maximum atomic E-state index is 11.4. The van der Waals surface area contributed by atoms with Crippen LogP contribution in [0.25, 0.3) is 0 Å². The van der Waals surface area contributed by atoms with E-state index in [0.717, 1.165) is 31.8 Å². The summed E-state index contributed by atoms with van der Waals surface area (Å²) in [7, 11) is 2.06. The first-order valence-corrected chi connectivity index (χ1v) is 6.26. The van der Waals surface area contributed by atoms with Crippen molar-refractivity contribution in [3.8, 4) is 0 Å². The van der Waals surface area contributed by atoms with Gasteiger partial charge in [-0.3, -0.25) is 4.79 Å². The van der Waals surface area contributed by atoms with Crippen LogP contribution in [0.4, 0.5) is 0 Å². The maximum absolute atomic E-state index is 11.4. The van der Waals surface area contributed by atoms with Crippen LogP contribution >= 0.6 is 0 Å². The smallest absolute Gasteiger partial charge is 0.222 e. The molecule has 0 aromatic heterocycles. The molecule has 2 unspecified atom stereocenters. The van der Waals surface area contributed by atoms with E-state index >= 15 is 0 Å². The van der Waals surface area contributed by atoms with E-state index in [9.17, 15) is 4.79 Å². The topological polar surface area (TPSA) is 32.3 Å². The highest BCUT2D eigenvalue weighted by atomic mass is 16.2. The van der Waals surface area contributed by atoms with Gasteiger partial charge in [-0.2, -0.15) is 0 Å². The Morgan fingerprint density at radius 3 is 2.93 bits per heavy atom. The van der Waals surface area contributed by atoms with Crippen LogP contribution < -0.4 is 5.32 Å². The van der Waals surface area contributed by atoms with Crippen LogP contribution in [-0.2, 0) is 4.79 Å². The summed E-state index contributed by atoms with van der Waals surface area (Å²) in [5.74, 6) is 1.16. The highest BCUT2D eigenvalue weighted by Gasteiger charge is 2.27. The summed E-state index contributed by atoms with van der Waals surface area (Å²) in [6.45, 7) is 1.98. The van der Waals surface area contributed by atoms with Crippen molar-refractivity contribution in [2.75, 3.05) is 20.1 Å². The van der Waals surface area contributed by atoms with Gasteiger partial charge in [0.15, 0.2) is 0 Å². The molecule has 2 atom stereocenters. The van der Waals surface area contributed by atoms with Gasteiger partial charge < -0.3 is 10.2 Å². The van der Waals surface area contributed by atoms with Crippen LogP contribution in [0, 0.1) is 5.92 Å². The molecule has 0 aromatic carbocycles. The maximum Gasteiger partial charge on any atom is 0.222 e. The van der Waals surface area contributed by atoms with Crippen LogP contribution in [0.5, 0.6) is 0 Å². The Kier molecular flexibility index (Phi) is 3.62. The van der Waals surface area contributed by atoms with E-state index in [4.69, 9.17) is 0 Å². The van der Waals surface area contributed by atoms with Crippen molar-refractivity contribution < 1.29 is 4.79 Å². The second-order valence-electron chi connectivity index (χ2n) is 4.86. The molecule has 2 fully saturated rings. The minimum Gasteiger partial charge on any atom is -0.343 e. The lowest BCUT2D eigenvalue weighted by molar-refractivity contribution is -0.127. The molecule has 1 N–H and O–H groups in total. The van der Waals surface area contributed by atoms with Crippen molar-refractivity contribution in [1.29, 1.82) is 0 Å². The van der Waals surface area contributed by atoms with Crippen LogP contribution in [0.1, 0.15) is 38.5 Å². The summed E-state index contributed by atoms with van der Waals surface area (Å²) in [6.07, 6.45) is 7.04. The van der Waals surface area contributed by atoms with E-state index in [1.54, 1.807) is 0 Å². The molecular formula is C12H22N2O. The number of carbonyl (C=O) groups is 1. The predicted octanol–water partition coefficient (Wildman–Crippen LogP) is 1.39. The van der Waals surface area contributed by atoms with Crippen LogP contribution in [0.2, 0.25) is 0 Å². The number of nitrogens with one attached hydrogen (secondary N) is 1. The van der Waals surface area contributed by atoms with E-state index in [1.807, 2.05) is 4.90 Å². The summed E-state index contributed by atoms with van der Waals surface area (Å²) in [6, 6.07) is 0.697. The molecule has 2 rings (SSSR count). The van der Waals surface area contributed by atoms with Gasteiger partial charge in [-0.1, -0.05) is 6.42 Å². The Labute approximate surface area is 92.2 Å². The first-order chi connectivity index (χ1) is 7.31. The number of amides is 1. The van der Waals surface area contributed by atoms with Crippen molar-refractivity contribution in [1.82, 2.24) is 10.2 Å². The fourth-order valence-electron chi connectivity index (χ4n) is 3.02. The Morgan fingerprint density at radius 2 is 2.27 bits per heavy atom. The molecule has 0 spiro atoms. The fourth-order valence-corrected chi connectivity index (χ4v) is 3.02. The molecule has 0 bridgehead atoms. The quantitative estimate of drug-likeness (QED) is 0.760. The lowest BCUT2D eigenvalue weighted by atomic mass is 9.99. The minimum atomic E-state index is 0.369. The summed E-state index contributed by atoms with van der Waals surface area (Å²) in [4.78, 5) is 13.5. The average molecular weight is 210 g/mol.